The molecule has 1 unspecified atom stereocenters. The molecule has 0 aliphatic carbocycles. The molecule has 0 bridgehead atoms. The highest BCUT2D eigenvalue weighted by Gasteiger charge is 2.18. The summed E-state index contributed by atoms with van der Waals surface area (Å²) < 4.78 is 6.88. The first kappa shape index (κ1) is 13.9. The summed E-state index contributed by atoms with van der Waals surface area (Å²) in [5.41, 5.74) is 2.03. The van der Waals surface area contributed by atoms with Gasteiger partial charge in [0.2, 0.25) is 0 Å². The molecule has 0 fully saturated rings. The molecule has 0 amide bonds. The predicted octanol–water partition coefficient (Wildman–Crippen LogP) is 5.22. The Labute approximate surface area is 121 Å². The monoisotopic (exact) mass is 329 g/mol. The molecular formula is C14H17BrClNO. The first-order valence-electron chi connectivity index (χ1n) is 6.16. The van der Waals surface area contributed by atoms with Crippen LogP contribution in [0.3, 0.4) is 0 Å². The summed E-state index contributed by atoms with van der Waals surface area (Å²) in [6.07, 6.45) is 1.11. The van der Waals surface area contributed by atoms with Crippen molar-refractivity contribution < 1.29 is 4.42 Å². The van der Waals surface area contributed by atoms with E-state index in [4.69, 9.17) is 16.0 Å². The summed E-state index contributed by atoms with van der Waals surface area (Å²) in [7, 11) is 0. The van der Waals surface area contributed by atoms with E-state index < -0.39 is 0 Å². The number of halogens is 2. The number of rotatable bonds is 4. The fourth-order valence-electron chi connectivity index (χ4n) is 2.13. The van der Waals surface area contributed by atoms with E-state index in [-0.39, 0.29) is 6.04 Å². The van der Waals surface area contributed by atoms with Crippen molar-refractivity contribution in [3.63, 3.8) is 0 Å². The lowest BCUT2D eigenvalue weighted by atomic mass is 10.1. The van der Waals surface area contributed by atoms with Gasteiger partial charge in [0.15, 0.2) is 0 Å². The first-order valence-corrected chi connectivity index (χ1v) is 7.33. The Morgan fingerprint density at radius 2 is 2.17 bits per heavy atom. The standard InChI is InChI=1S/C14H17BrClNO/c1-4-5-17-9(3)13-8(2)11-6-10(16)7-12(15)14(11)18-13/h6-7,9,17H,4-5H2,1-3H3. The second-order valence-electron chi connectivity index (χ2n) is 4.53. The third-order valence-electron chi connectivity index (χ3n) is 3.09. The molecule has 0 saturated heterocycles. The number of nitrogens with one attached hydrogen (secondary N) is 1. The summed E-state index contributed by atoms with van der Waals surface area (Å²) >= 11 is 9.58. The Balaban J connectivity index is 2.47. The van der Waals surface area contributed by atoms with Crippen LogP contribution in [-0.4, -0.2) is 6.54 Å². The van der Waals surface area contributed by atoms with Crippen LogP contribution in [0.4, 0.5) is 0 Å². The number of hydrogen-bond donors (Lipinski definition) is 1. The van der Waals surface area contributed by atoms with Gasteiger partial charge in [-0.15, -0.1) is 0 Å². The zero-order valence-electron chi connectivity index (χ0n) is 10.8. The molecule has 0 aliphatic rings. The van der Waals surface area contributed by atoms with Crippen LogP contribution in [0.25, 0.3) is 11.0 Å². The normalized spacial score (nSPS) is 13.2. The van der Waals surface area contributed by atoms with Gasteiger partial charge < -0.3 is 9.73 Å². The molecule has 1 aromatic carbocycles. The van der Waals surface area contributed by atoms with Crippen LogP contribution in [0.1, 0.15) is 37.6 Å². The quantitative estimate of drug-likeness (QED) is 0.831. The van der Waals surface area contributed by atoms with E-state index in [2.05, 4.69) is 42.0 Å². The second-order valence-corrected chi connectivity index (χ2v) is 5.82. The van der Waals surface area contributed by atoms with Crippen LogP contribution in [0, 0.1) is 6.92 Å². The Hall–Kier alpha value is -0.510. The molecule has 98 valence electrons. The third kappa shape index (κ3) is 2.58. The van der Waals surface area contributed by atoms with Gasteiger partial charge >= 0.3 is 0 Å². The van der Waals surface area contributed by atoms with E-state index >= 15 is 0 Å². The molecule has 0 aliphatic heterocycles. The predicted molar refractivity (Wildman–Crippen MR) is 80.4 cm³/mol. The number of hydrogen-bond acceptors (Lipinski definition) is 2. The van der Waals surface area contributed by atoms with E-state index in [1.807, 2.05) is 12.1 Å². The first-order chi connectivity index (χ1) is 8.54. The summed E-state index contributed by atoms with van der Waals surface area (Å²) in [4.78, 5) is 0. The van der Waals surface area contributed by atoms with Crippen LogP contribution in [0.5, 0.6) is 0 Å². The second kappa shape index (κ2) is 5.64. The molecule has 0 spiro atoms. The Morgan fingerprint density at radius 1 is 1.44 bits per heavy atom. The lowest BCUT2D eigenvalue weighted by Crippen LogP contribution is -2.19. The van der Waals surface area contributed by atoms with Gasteiger partial charge in [0.1, 0.15) is 11.3 Å². The fourth-order valence-corrected chi connectivity index (χ4v) is 3.02. The molecule has 18 heavy (non-hydrogen) atoms. The van der Waals surface area contributed by atoms with Gasteiger partial charge in [-0.05, 0) is 54.9 Å². The van der Waals surface area contributed by atoms with E-state index in [0.717, 1.165) is 44.8 Å². The molecule has 0 saturated carbocycles. The molecule has 2 nitrogen and oxygen atoms in total. The minimum Gasteiger partial charge on any atom is -0.458 e. The number of furan rings is 1. The SMILES string of the molecule is CCCNC(C)c1oc2c(Br)cc(Cl)cc2c1C. The van der Waals surface area contributed by atoms with Crippen LogP contribution in [0.2, 0.25) is 5.02 Å². The lowest BCUT2D eigenvalue weighted by Gasteiger charge is -2.11. The van der Waals surface area contributed by atoms with Gasteiger partial charge in [0.25, 0.3) is 0 Å². The Morgan fingerprint density at radius 3 is 2.83 bits per heavy atom. The van der Waals surface area contributed by atoms with Gasteiger partial charge in [0.05, 0.1) is 10.5 Å². The minimum absolute atomic E-state index is 0.211. The van der Waals surface area contributed by atoms with Crippen molar-refractivity contribution in [3.8, 4) is 0 Å². The maximum atomic E-state index is 6.08. The number of benzene rings is 1. The highest BCUT2D eigenvalue weighted by atomic mass is 79.9. The van der Waals surface area contributed by atoms with Crippen LogP contribution in [0.15, 0.2) is 21.0 Å². The van der Waals surface area contributed by atoms with E-state index in [1.54, 1.807) is 0 Å². The van der Waals surface area contributed by atoms with Gasteiger partial charge in [0, 0.05) is 16.0 Å². The van der Waals surface area contributed by atoms with E-state index in [1.165, 1.54) is 0 Å². The average Bonchev–Trinajstić information content (AvgIpc) is 2.65. The van der Waals surface area contributed by atoms with Crippen molar-refractivity contribution in [1.82, 2.24) is 5.32 Å². The van der Waals surface area contributed by atoms with E-state index in [9.17, 15) is 0 Å². The van der Waals surface area contributed by atoms with Gasteiger partial charge in [-0.25, -0.2) is 0 Å². The average molecular weight is 331 g/mol. The lowest BCUT2D eigenvalue weighted by molar-refractivity contribution is 0.448. The molecule has 1 atom stereocenters. The molecule has 1 N–H and O–H groups in total. The van der Waals surface area contributed by atoms with E-state index in [0.29, 0.717) is 0 Å². The number of aryl methyl sites for hydroxylation is 1. The Kier molecular flexibility index (Phi) is 4.36. The summed E-state index contributed by atoms with van der Waals surface area (Å²) in [5.74, 6) is 0.987. The van der Waals surface area contributed by atoms with Crippen molar-refractivity contribution >= 4 is 38.5 Å². The van der Waals surface area contributed by atoms with Crippen LogP contribution < -0.4 is 5.32 Å². The smallest absolute Gasteiger partial charge is 0.148 e. The molecule has 2 aromatic rings. The maximum absolute atomic E-state index is 6.08. The molecule has 0 radical (unpaired) electrons. The zero-order chi connectivity index (χ0) is 13.3. The minimum atomic E-state index is 0.211. The van der Waals surface area contributed by atoms with Crippen LogP contribution >= 0.6 is 27.5 Å². The highest BCUT2D eigenvalue weighted by molar-refractivity contribution is 9.10. The molecule has 2 rings (SSSR count). The molecule has 4 heteroatoms. The molecule has 1 aromatic heterocycles. The molecule has 1 heterocycles. The van der Waals surface area contributed by atoms with Crippen molar-refractivity contribution in [2.45, 2.75) is 33.2 Å². The maximum Gasteiger partial charge on any atom is 0.148 e. The summed E-state index contributed by atoms with van der Waals surface area (Å²) in [5, 5.41) is 5.24. The van der Waals surface area contributed by atoms with Gasteiger partial charge in [-0.1, -0.05) is 18.5 Å². The third-order valence-corrected chi connectivity index (χ3v) is 3.90. The van der Waals surface area contributed by atoms with Crippen molar-refractivity contribution in [2.24, 2.45) is 0 Å². The van der Waals surface area contributed by atoms with Gasteiger partial charge in [-0.3, -0.25) is 0 Å². The van der Waals surface area contributed by atoms with Crippen molar-refractivity contribution in [3.05, 3.63) is 33.0 Å². The van der Waals surface area contributed by atoms with Gasteiger partial charge in [-0.2, -0.15) is 0 Å². The fraction of sp³-hybridized carbons (Fsp3) is 0.429. The Bertz CT molecular complexity index is 564. The summed E-state index contributed by atoms with van der Waals surface area (Å²) in [6, 6.07) is 4.03. The number of fused-ring (bicyclic) bond motifs is 1. The summed E-state index contributed by atoms with van der Waals surface area (Å²) in [6.45, 7) is 7.34. The molecular weight excluding hydrogens is 314 g/mol. The zero-order valence-corrected chi connectivity index (χ0v) is 13.2. The highest BCUT2D eigenvalue weighted by Crippen LogP contribution is 2.36. The van der Waals surface area contributed by atoms with Crippen molar-refractivity contribution in [1.29, 1.82) is 0 Å². The largest absolute Gasteiger partial charge is 0.458 e. The van der Waals surface area contributed by atoms with Crippen LogP contribution in [-0.2, 0) is 0 Å². The van der Waals surface area contributed by atoms with Crippen molar-refractivity contribution in [2.75, 3.05) is 6.54 Å². The topological polar surface area (TPSA) is 25.2 Å².